The van der Waals surface area contributed by atoms with E-state index < -0.39 is 0 Å². The van der Waals surface area contributed by atoms with Crippen LogP contribution >= 0.6 is 24.0 Å². The maximum Gasteiger partial charge on any atom is 0.191 e. The molecule has 4 nitrogen and oxygen atoms in total. The fraction of sp³-hybridized carbons (Fsp3) is 0.923. The van der Waals surface area contributed by atoms with Gasteiger partial charge in [-0.1, -0.05) is 0 Å². The summed E-state index contributed by atoms with van der Waals surface area (Å²) in [5.74, 6) is 1.56. The molecule has 0 amide bonds. The maximum atomic E-state index is 5.94. The van der Waals surface area contributed by atoms with Crippen LogP contribution in [0.25, 0.3) is 0 Å². The lowest BCUT2D eigenvalue weighted by Gasteiger charge is -2.28. The molecular formula is C13H29IN4. The number of piperidine rings is 1. The molecule has 0 atom stereocenters. The first-order valence-electron chi connectivity index (χ1n) is 6.90. The van der Waals surface area contributed by atoms with E-state index in [9.17, 15) is 0 Å². The van der Waals surface area contributed by atoms with E-state index in [-0.39, 0.29) is 24.0 Å². The minimum atomic E-state index is 0. The summed E-state index contributed by atoms with van der Waals surface area (Å²) in [6, 6.07) is 0. The monoisotopic (exact) mass is 368 g/mol. The van der Waals surface area contributed by atoms with Crippen LogP contribution in [0.2, 0.25) is 0 Å². The van der Waals surface area contributed by atoms with Gasteiger partial charge in [-0.15, -0.1) is 24.0 Å². The van der Waals surface area contributed by atoms with Crippen LogP contribution in [-0.2, 0) is 0 Å². The number of halogens is 1. The first kappa shape index (κ1) is 18.0. The highest BCUT2D eigenvalue weighted by Crippen LogP contribution is 2.19. The summed E-state index contributed by atoms with van der Waals surface area (Å²) in [5.41, 5.74) is 5.94. The molecule has 1 saturated heterocycles. The molecule has 5 heteroatoms. The lowest BCUT2D eigenvalue weighted by molar-refractivity contribution is 0.214. The predicted octanol–water partition coefficient (Wildman–Crippen LogP) is 1.99. The van der Waals surface area contributed by atoms with Gasteiger partial charge in [0.25, 0.3) is 0 Å². The zero-order valence-corrected chi connectivity index (χ0v) is 14.4. The highest BCUT2D eigenvalue weighted by Gasteiger charge is 2.15. The summed E-state index contributed by atoms with van der Waals surface area (Å²) in [5, 5.41) is 0. The molecule has 0 aromatic rings. The second-order valence-corrected chi connectivity index (χ2v) is 4.95. The van der Waals surface area contributed by atoms with Crippen molar-refractivity contribution in [2.75, 3.05) is 39.8 Å². The zero-order chi connectivity index (χ0) is 12.7. The van der Waals surface area contributed by atoms with Crippen molar-refractivity contribution in [3.8, 4) is 0 Å². The van der Waals surface area contributed by atoms with E-state index in [0.29, 0.717) is 5.96 Å². The average molecular weight is 368 g/mol. The van der Waals surface area contributed by atoms with Crippen molar-refractivity contribution in [2.24, 2.45) is 16.6 Å². The number of rotatable bonds is 5. The number of likely N-dealkylation sites (tertiary alicyclic amines) is 1. The SMILES string of the molecule is CCN(CC)C(N)=NCCC1CCN(C)CC1.I. The normalized spacial score (nSPS) is 18.5. The van der Waals surface area contributed by atoms with E-state index in [2.05, 4.69) is 35.7 Å². The lowest BCUT2D eigenvalue weighted by atomic mass is 9.94. The third kappa shape index (κ3) is 6.22. The summed E-state index contributed by atoms with van der Waals surface area (Å²) in [6.45, 7) is 9.47. The van der Waals surface area contributed by atoms with E-state index in [1.165, 1.54) is 32.4 Å². The van der Waals surface area contributed by atoms with Crippen molar-refractivity contribution < 1.29 is 0 Å². The first-order valence-corrected chi connectivity index (χ1v) is 6.90. The third-order valence-corrected chi connectivity index (χ3v) is 3.74. The van der Waals surface area contributed by atoms with Crippen LogP contribution in [0, 0.1) is 5.92 Å². The smallest absolute Gasteiger partial charge is 0.191 e. The molecule has 0 saturated carbocycles. The fourth-order valence-electron chi connectivity index (χ4n) is 2.36. The van der Waals surface area contributed by atoms with Crippen LogP contribution in [0.5, 0.6) is 0 Å². The molecule has 1 heterocycles. The number of hydrogen-bond donors (Lipinski definition) is 1. The molecular weight excluding hydrogens is 339 g/mol. The van der Waals surface area contributed by atoms with E-state index in [1.54, 1.807) is 0 Å². The summed E-state index contributed by atoms with van der Waals surface area (Å²) in [6.07, 6.45) is 3.82. The predicted molar refractivity (Wildman–Crippen MR) is 89.7 cm³/mol. The van der Waals surface area contributed by atoms with Crippen LogP contribution in [-0.4, -0.2) is 55.5 Å². The van der Waals surface area contributed by atoms with Crippen molar-refractivity contribution in [3.63, 3.8) is 0 Å². The standard InChI is InChI=1S/C13H28N4.HI/c1-4-17(5-2)13(14)15-9-6-12-7-10-16(3)11-8-12;/h12H,4-11H2,1-3H3,(H2,14,15);1H. The van der Waals surface area contributed by atoms with Crippen molar-refractivity contribution in [1.29, 1.82) is 0 Å². The molecule has 2 N–H and O–H groups in total. The minimum absolute atomic E-state index is 0. The second kappa shape index (κ2) is 9.83. The average Bonchev–Trinajstić information content (AvgIpc) is 2.33. The lowest BCUT2D eigenvalue weighted by Crippen LogP contribution is -2.37. The van der Waals surface area contributed by atoms with Crippen molar-refractivity contribution >= 4 is 29.9 Å². The van der Waals surface area contributed by atoms with Gasteiger partial charge in [0.05, 0.1) is 0 Å². The van der Waals surface area contributed by atoms with E-state index in [0.717, 1.165) is 25.6 Å². The minimum Gasteiger partial charge on any atom is -0.370 e. The van der Waals surface area contributed by atoms with Gasteiger partial charge >= 0.3 is 0 Å². The molecule has 0 aliphatic carbocycles. The molecule has 0 unspecified atom stereocenters. The van der Waals surface area contributed by atoms with Crippen molar-refractivity contribution in [1.82, 2.24) is 9.80 Å². The van der Waals surface area contributed by atoms with E-state index in [1.807, 2.05) is 0 Å². The topological polar surface area (TPSA) is 44.9 Å². The van der Waals surface area contributed by atoms with Gasteiger partial charge in [-0.25, -0.2) is 0 Å². The molecule has 0 spiro atoms. The molecule has 18 heavy (non-hydrogen) atoms. The Morgan fingerprint density at radius 3 is 2.33 bits per heavy atom. The first-order chi connectivity index (χ1) is 8.17. The molecule has 108 valence electrons. The van der Waals surface area contributed by atoms with Gasteiger partial charge in [-0.05, 0) is 59.2 Å². The summed E-state index contributed by atoms with van der Waals surface area (Å²) in [7, 11) is 2.20. The quantitative estimate of drug-likeness (QED) is 0.459. The molecule has 0 radical (unpaired) electrons. The third-order valence-electron chi connectivity index (χ3n) is 3.74. The highest BCUT2D eigenvalue weighted by atomic mass is 127. The van der Waals surface area contributed by atoms with Gasteiger partial charge in [-0.2, -0.15) is 0 Å². The summed E-state index contributed by atoms with van der Waals surface area (Å²) in [4.78, 5) is 9.00. The van der Waals surface area contributed by atoms with Crippen molar-refractivity contribution in [2.45, 2.75) is 33.1 Å². The van der Waals surface area contributed by atoms with Crippen LogP contribution in [0.3, 0.4) is 0 Å². The summed E-state index contributed by atoms with van der Waals surface area (Å²) >= 11 is 0. The molecule has 0 bridgehead atoms. The molecule has 1 rings (SSSR count). The van der Waals surface area contributed by atoms with Gasteiger partial charge in [0.1, 0.15) is 0 Å². The Labute approximate surface area is 129 Å². The Kier molecular flexibility index (Phi) is 9.81. The Morgan fingerprint density at radius 1 is 1.28 bits per heavy atom. The van der Waals surface area contributed by atoms with E-state index in [4.69, 9.17) is 5.73 Å². The van der Waals surface area contributed by atoms with Crippen LogP contribution in [0.15, 0.2) is 4.99 Å². The summed E-state index contributed by atoms with van der Waals surface area (Å²) < 4.78 is 0. The van der Waals surface area contributed by atoms with Gasteiger partial charge in [0.15, 0.2) is 5.96 Å². The Hall–Kier alpha value is -0.0400. The number of aliphatic imine (C=N–C) groups is 1. The van der Waals surface area contributed by atoms with Gasteiger partial charge in [-0.3, -0.25) is 4.99 Å². The Balaban J connectivity index is 0.00000289. The number of hydrogen-bond acceptors (Lipinski definition) is 2. The second-order valence-electron chi connectivity index (χ2n) is 4.95. The molecule has 0 aromatic carbocycles. The van der Waals surface area contributed by atoms with Gasteiger partial charge in [0, 0.05) is 19.6 Å². The highest BCUT2D eigenvalue weighted by molar-refractivity contribution is 14.0. The van der Waals surface area contributed by atoms with Crippen molar-refractivity contribution in [3.05, 3.63) is 0 Å². The number of nitrogens with zero attached hydrogens (tertiary/aromatic N) is 3. The zero-order valence-electron chi connectivity index (χ0n) is 12.1. The van der Waals surface area contributed by atoms with Crippen LogP contribution in [0.1, 0.15) is 33.1 Å². The molecule has 0 aromatic heterocycles. The van der Waals surface area contributed by atoms with Crippen LogP contribution < -0.4 is 5.73 Å². The molecule has 1 aliphatic rings. The number of nitrogens with two attached hydrogens (primary N) is 1. The van der Waals surface area contributed by atoms with E-state index >= 15 is 0 Å². The largest absolute Gasteiger partial charge is 0.370 e. The maximum absolute atomic E-state index is 5.94. The fourth-order valence-corrected chi connectivity index (χ4v) is 2.36. The molecule has 1 fully saturated rings. The van der Waals surface area contributed by atoms with Crippen LogP contribution in [0.4, 0.5) is 0 Å². The Bertz CT molecular complexity index is 233. The molecule has 1 aliphatic heterocycles. The number of guanidine groups is 1. The van der Waals surface area contributed by atoms with Gasteiger partial charge in [0.2, 0.25) is 0 Å². The van der Waals surface area contributed by atoms with Gasteiger partial charge < -0.3 is 15.5 Å². The Morgan fingerprint density at radius 2 is 1.83 bits per heavy atom.